The number of nitro benzene ring substituents is 1. The van der Waals surface area contributed by atoms with E-state index in [9.17, 15) is 14.9 Å². The smallest absolute Gasteiger partial charge is 0.270 e. The third-order valence-corrected chi connectivity index (χ3v) is 2.30. The number of nitrogens with zero attached hydrogens (tertiary/aromatic N) is 1. The Morgan fingerprint density at radius 2 is 2.28 bits per heavy atom. The van der Waals surface area contributed by atoms with Gasteiger partial charge in [-0.1, -0.05) is 0 Å². The summed E-state index contributed by atoms with van der Waals surface area (Å²) in [4.78, 5) is 21.8. The number of nitrogen functional groups attached to an aromatic ring is 1. The van der Waals surface area contributed by atoms with E-state index in [4.69, 9.17) is 10.5 Å². The van der Waals surface area contributed by atoms with Gasteiger partial charge in [-0.05, 0) is 12.5 Å². The van der Waals surface area contributed by atoms with Gasteiger partial charge in [0.25, 0.3) is 11.6 Å². The summed E-state index contributed by atoms with van der Waals surface area (Å²) in [5, 5.41) is 13.2. The summed E-state index contributed by atoms with van der Waals surface area (Å²) in [5.41, 5.74) is 5.78. The second-order valence-corrected chi connectivity index (χ2v) is 3.63. The predicted octanol–water partition coefficient (Wildman–Crippen LogP) is 0.943. The Morgan fingerprint density at radius 1 is 1.56 bits per heavy atom. The van der Waals surface area contributed by atoms with Gasteiger partial charge < -0.3 is 15.8 Å². The molecular weight excluding hydrogens is 238 g/mol. The first-order valence-corrected chi connectivity index (χ1v) is 5.37. The van der Waals surface area contributed by atoms with E-state index in [2.05, 4.69) is 5.32 Å². The van der Waals surface area contributed by atoms with Crippen LogP contribution in [0.25, 0.3) is 0 Å². The molecule has 0 radical (unpaired) electrons. The van der Waals surface area contributed by atoms with Crippen molar-refractivity contribution in [2.45, 2.75) is 6.42 Å². The number of ether oxygens (including phenoxy) is 1. The molecule has 0 heterocycles. The highest BCUT2D eigenvalue weighted by atomic mass is 16.6. The van der Waals surface area contributed by atoms with E-state index < -0.39 is 10.8 Å². The number of rotatable bonds is 6. The van der Waals surface area contributed by atoms with Gasteiger partial charge in [-0.2, -0.15) is 0 Å². The van der Waals surface area contributed by atoms with E-state index in [1.807, 2.05) is 0 Å². The Bertz CT molecular complexity index is 448. The van der Waals surface area contributed by atoms with Crippen molar-refractivity contribution in [1.82, 2.24) is 5.32 Å². The van der Waals surface area contributed by atoms with Crippen LogP contribution in [0.1, 0.15) is 16.8 Å². The molecule has 0 spiro atoms. The topological polar surface area (TPSA) is 107 Å². The molecule has 0 aromatic heterocycles. The standard InChI is InChI=1S/C11H15N3O4/c1-18-6-2-5-13-11(15)9-7-8(14(16)17)3-4-10(9)12/h3-4,7H,2,5-6,12H2,1H3,(H,13,15). The number of carbonyl (C=O) groups excluding carboxylic acids is 1. The molecule has 7 nitrogen and oxygen atoms in total. The van der Waals surface area contributed by atoms with Crippen LogP contribution in [-0.2, 0) is 4.74 Å². The van der Waals surface area contributed by atoms with E-state index in [-0.39, 0.29) is 16.9 Å². The van der Waals surface area contributed by atoms with Gasteiger partial charge in [0.2, 0.25) is 0 Å². The van der Waals surface area contributed by atoms with Crippen LogP contribution in [0, 0.1) is 10.1 Å². The minimum Gasteiger partial charge on any atom is -0.398 e. The monoisotopic (exact) mass is 253 g/mol. The number of non-ortho nitro benzene ring substituents is 1. The van der Waals surface area contributed by atoms with Crippen LogP contribution >= 0.6 is 0 Å². The first kappa shape index (κ1) is 13.9. The molecule has 0 saturated carbocycles. The molecule has 0 atom stereocenters. The first-order chi connectivity index (χ1) is 8.56. The van der Waals surface area contributed by atoms with Gasteiger partial charge >= 0.3 is 0 Å². The average Bonchev–Trinajstić information content (AvgIpc) is 2.34. The Hall–Kier alpha value is -2.15. The molecule has 0 aliphatic carbocycles. The van der Waals surface area contributed by atoms with E-state index in [0.29, 0.717) is 19.6 Å². The van der Waals surface area contributed by atoms with Gasteiger partial charge in [0.1, 0.15) is 0 Å². The van der Waals surface area contributed by atoms with Crippen LogP contribution in [0.15, 0.2) is 18.2 Å². The van der Waals surface area contributed by atoms with Crippen LogP contribution in [-0.4, -0.2) is 31.1 Å². The van der Waals surface area contributed by atoms with Gasteiger partial charge in [0, 0.05) is 38.1 Å². The zero-order chi connectivity index (χ0) is 13.5. The van der Waals surface area contributed by atoms with Crippen molar-refractivity contribution in [3.05, 3.63) is 33.9 Å². The Balaban J connectivity index is 2.72. The highest BCUT2D eigenvalue weighted by Gasteiger charge is 2.14. The molecule has 0 saturated heterocycles. The molecule has 0 bridgehead atoms. The van der Waals surface area contributed by atoms with E-state index >= 15 is 0 Å². The number of hydrogen-bond acceptors (Lipinski definition) is 5. The number of methoxy groups -OCH3 is 1. The van der Waals surface area contributed by atoms with E-state index in [1.54, 1.807) is 7.11 Å². The summed E-state index contributed by atoms with van der Waals surface area (Å²) in [6.07, 6.45) is 0.664. The molecule has 0 aliphatic rings. The molecule has 0 aliphatic heterocycles. The van der Waals surface area contributed by atoms with Gasteiger partial charge in [0.05, 0.1) is 10.5 Å². The maximum Gasteiger partial charge on any atom is 0.270 e. The van der Waals surface area contributed by atoms with Crippen molar-refractivity contribution in [3.63, 3.8) is 0 Å². The SMILES string of the molecule is COCCCNC(=O)c1cc([N+](=O)[O-])ccc1N. The summed E-state index contributed by atoms with van der Waals surface area (Å²) >= 11 is 0. The number of anilines is 1. The summed E-state index contributed by atoms with van der Waals surface area (Å²) in [7, 11) is 1.57. The zero-order valence-corrected chi connectivity index (χ0v) is 10.0. The lowest BCUT2D eigenvalue weighted by Gasteiger charge is -2.07. The Labute approximate surface area is 104 Å². The third-order valence-electron chi connectivity index (χ3n) is 2.30. The quantitative estimate of drug-likeness (QED) is 0.339. The normalized spacial score (nSPS) is 10.1. The van der Waals surface area contributed by atoms with Gasteiger partial charge in [-0.25, -0.2) is 0 Å². The van der Waals surface area contributed by atoms with Crippen molar-refractivity contribution in [3.8, 4) is 0 Å². The third kappa shape index (κ3) is 3.70. The number of carbonyl (C=O) groups is 1. The Kier molecular flexibility index (Phi) is 5.06. The number of nitro groups is 1. The molecule has 1 aromatic carbocycles. The average molecular weight is 253 g/mol. The summed E-state index contributed by atoms with van der Waals surface area (Å²) in [6, 6.07) is 3.78. The lowest BCUT2D eigenvalue weighted by molar-refractivity contribution is -0.384. The largest absolute Gasteiger partial charge is 0.398 e. The van der Waals surface area contributed by atoms with Crippen molar-refractivity contribution in [2.24, 2.45) is 0 Å². The maximum absolute atomic E-state index is 11.7. The zero-order valence-electron chi connectivity index (χ0n) is 10.0. The molecule has 18 heavy (non-hydrogen) atoms. The van der Waals surface area contributed by atoms with Crippen LogP contribution < -0.4 is 11.1 Å². The van der Waals surface area contributed by atoms with Crippen LogP contribution in [0.2, 0.25) is 0 Å². The van der Waals surface area contributed by atoms with Crippen LogP contribution in [0.5, 0.6) is 0 Å². The molecule has 1 amide bonds. The van der Waals surface area contributed by atoms with E-state index in [0.717, 1.165) is 0 Å². The fourth-order valence-electron chi connectivity index (χ4n) is 1.37. The van der Waals surface area contributed by atoms with Crippen molar-refractivity contribution < 1.29 is 14.5 Å². The highest BCUT2D eigenvalue weighted by molar-refractivity contribution is 5.99. The van der Waals surface area contributed by atoms with Crippen molar-refractivity contribution >= 4 is 17.3 Å². The van der Waals surface area contributed by atoms with Crippen LogP contribution in [0.4, 0.5) is 11.4 Å². The molecular formula is C11H15N3O4. The molecule has 98 valence electrons. The van der Waals surface area contributed by atoms with Gasteiger partial charge in [0.15, 0.2) is 0 Å². The number of nitrogens with two attached hydrogens (primary N) is 1. The number of hydrogen-bond donors (Lipinski definition) is 2. The summed E-state index contributed by atoms with van der Waals surface area (Å²) in [5.74, 6) is -0.424. The lowest BCUT2D eigenvalue weighted by atomic mass is 10.1. The molecule has 0 unspecified atom stereocenters. The summed E-state index contributed by atoms with van der Waals surface area (Å²) < 4.78 is 4.84. The first-order valence-electron chi connectivity index (χ1n) is 5.37. The van der Waals surface area contributed by atoms with Crippen molar-refractivity contribution in [2.75, 3.05) is 26.0 Å². The lowest BCUT2D eigenvalue weighted by Crippen LogP contribution is -2.26. The van der Waals surface area contributed by atoms with Gasteiger partial charge in [-0.15, -0.1) is 0 Å². The molecule has 1 aromatic rings. The van der Waals surface area contributed by atoms with Crippen molar-refractivity contribution in [1.29, 1.82) is 0 Å². The van der Waals surface area contributed by atoms with E-state index in [1.165, 1.54) is 18.2 Å². The minimum atomic E-state index is -0.568. The highest BCUT2D eigenvalue weighted by Crippen LogP contribution is 2.19. The molecule has 7 heteroatoms. The number of nitrogens with one attached hydrogen (secondary N) is 1. The predicted molar refractivity (Wildman–Crippen MR) is 66.3 cm³/mol. The molecule has 1 rings (SSSR count). The number of benzene rings is 1. The summed E-state index contributed by atoms with van der Waals surface area (Å²) in [6.45, 7) is 0.958. The number of amides is 1. The Morgan fingerprint density at radius 3 is 2.89 bits per heavy atom. The minimum absolute atomic E-state index is 0.113. The van der Waals surface area contributed by atoms with Gasteiger partial charge in [-0.3, -0.25) is 14.9 Å². The van der Waals surface area contributed by atoms with Crippen LogP contribution in [0.3, 0.4) is 0 Å². The fourth-order valence-corrected chi connectivity index (χ4v) is 1.37. The maximum atomic E-state index is 11.7. The molecule has 0 fully saturated rings. The second-order valence-electron chi connectivity index (χ2n) is 3.63. The fraction of sp³-hybridized carbons (Fsp3) is 0.364. The molecule has 3 N–H and O–H groups in total. The second kappa shape index (κ2) is 6.55.